The van der Waals surface area contributed by atoms with Crippen molar-refractivity contribution < 1.29 is 4.74 Å². The fraction of sp³-hybridized carbons (Fsp3) is 0. The summed E-state index contributed by atoms with van der Waals surface area (Å²) in [4.78, 5) is 10.7. The summed E-state index contributed by atoms with van der Waals surface area (Å²) in [5.74, 6) is 1.69. The van der Waals surface area contributed by atoms with Gasteiger partial charge in [0.05, 0.1) is 16.9 Å². The summed E-state index contributed by atoms with van der Waals surface area (Å²) in [6.45, 7) is 0. The largest absolute Gasteiger partial charge is 0.453 e. The molecule has 2 heterocycles. The summed E-state index contributed by atoms with van der Waals surface area (Å²) in [6, 6.07) is 22.3. The monoisotopic (exact) mass is 311 g/mol. The van der Waals surface area contributed by atoms with E-state index in [0.29, 0.717) is 0 Å². The molecule has 4 nitrogen and oxygen atoms in total. The van der Waals surface area contributed by atoms with E-state index in [1.165, 1.54) is 0 Å². The third-order valence-electron chi connectivity index (χ3n) is 4.18. The second-order valence-electron chi connectivity index (χ2n) is 5.64. The second kappa shape index (κ2) is 5.06. The topological polar surface area (TPSA) is 38.2 Å². The Morgan fingerprint density at radius 3 is 2.25 bits per heavy atom. The molecule has 0 saturated carbocycles. The maximum atomic E-state index is 6.05. The van der Waals surface area contributed by atoms with Crippen LogP contribution >= 0.6 is 0 Å². The molecule has 0 bridgehead atoms. The van der Waals surface area contributed by atoms with Crippen molar-refractivity contribution in [3.63, 3.8) is 0 Å². The minimum absolute atomic E-state index is 0.846. The van der Waals surface area contributed by atoms with Crippen molar-refractivity contribution in [1.82, 2.24) is 9.97 Å². The first-order chi connectivity index (χ1) is 11.9. The van der Waals surface area contributed by atoms with Crippen LogP contribution in [0.15, 0.2) is 79.3 Å². The summed E-state index contributed by atoms with van der Waals surface area (Å²) < 4.78 is 6.05. The lowest BCUT2D eigenvalue weighted by molar-refractivity contribution is 0.477. The lowest BCUT2D eigenvalue weighted by Crippen LogP contribution is -2.15. The van der Waals surface area contributed by atoms with Crippen LogP contribution in [0.4, 0.5) is 17.1 Å². The predicted molar refractivity (Wildman–Crippen MR) is 94.3 cm³/mol. The summed E-state index contributed by atoms with van der Waals surface area (Å²) in [5, 5.41) is 1.02. The van der Waals surface area contributed by atoms with Gasteiger partial charge in [-0.05, 0) is 42.5 Å². The van der Waals surface area contributed by atoms with Gasteiger partial charge in [-0.15, -0.1) is 0 Å². The van der Waals surface area contributed by atoms with Crippen molar-refractivity contribution in [1.29, 1.82) is 0 Å². The molecule has 0 spiro atoms. The van der Waals surface area contributed by atoms with Crippen LogP contribution in [-0.2, 0) is 0 Å². The SMILES string of the molecule is c1ccc2c(c1)Oc1ccccc1N2c1ccc2cncnc2c1. The van der Waals surface area contributed by atoms with Gasteiger partial charge >= 0.3 is 0 Å². The standard InChI is InChI=1S/C20H13N3O/c1-3-7-19-17(5-1)23(18-6-2-4-8-20(18)24-19)15-10-9-14-12-21-13-22-16(14)11-15/h1-13H. The summed E-state index contributed by atoms with van der Waals surface area (Å²) in [5.41, 5.74) is 4.00. The van der Waals surface area contributed by atoms with Crippen molar-refractivity contribution in [2.45, 2.75) is 0 Å². The fourth-order valence-electron chi connectivity index (χ4n) is 3.08. The van der Waals surface area contributed by atoms with E-state index in [1.54, 1.807) is 6.33 Å². The van der Waals surface area contributed by atoms with E-state index in [-0.39, 0.29) is 0 Å². The van der Waals surface area contributed by atoms with Crippen molar-refractivity contribution >= 4 is 28.0 Å². The van der Waals surface area contributed by atoms with E-state index in [9.17, 15) is 0 Å². The number of fused-ring (bicyclic) bond motifs is 3. The van der Waals surface area contributed by atoms with Crippen LogP contribution < -0.4 is 9.64 Å². The maximum Gasteiger partial charge on any atom is 0.151 e. The summed E-state index contributed by atoms with van der Waals surface area (Å²) >= 11 is 0. The third-order valence-corrected chi connectivity index (χ3v) is 4.18. The number of nitrogens with zero attached hydrogens (tertiary/aromatic N) is 3. The Hall–Kier alpha value is -3.40. The second-order valence-corrected chi connectivity index (χ2v) is 5.64. The molecule has 0 saturated heterocycles. The molecule has 0 amide bonds. The highest BCUT2D eigenvalue weighted by Crippen LogP contribution is 2.50. The minimum atomic E-state index is 0.846. The van der Waals surface area contributed by atoms with Crippen molar-refractivity contribution in [2.24, 2.45) is 0 Å². The summed E-state index contributed by atoms with van der Waals surface area (Å²) in [6.07, 6.45) is 3.40. The smallest absolute Gasteiger partial charge is 0.151 e. The van der Waals surface area contributed by atoms with Gasteiger partial charge in [0.15, 0.2) is 11.5 Å². The van der Waals surface area contributed by atoms with Crippen molar-refractivity contribution in [3.8, 4) is 11.5 Å². The molecule has 4 aromatic rings. The Morgan fingerprint density at radius 2 is 1.50 bits per heavy atom. The zero-order valence-electron chi connectivity index (χ0n) is 12.8. The molecular weight excluding hydrogens is 298 g/mol. The fourth-order valence-corrected chi connectivity index (χ4v) is 3.08. The van der Waals surface area contributed by atoms with Crippen LogP contribution in [0.5, 0.6) is 11.5 Å². The van der Waals surface area contributed by atoms with Gasteiger partial charge in [-0.1, -0.05) is 24.3 Å². The van der Waals surface area contributed by atoms with E-state index in [4.69, 9.17) is 4.74 Å². The molecule has 1 aliphatic rings. The third kappa shape index (κ3) is 1.93. The van der Waals surface area contributed by atoms with Gasteiger partial charge in [-0.3, -0.25) is 0 Å². The molecule has 114 valence electrons. The van der Waals surface area contributed by atoms with E-state index in [0.717, 1.165) is 39.5 Å². The van der Waals surface area contributed by atoms with Gasteiger partial charge in [0.2, 0.25) is 0 Å². The molecule has 0 N–H and O–H groups in total. The van der Waals surface area contributed by atoms with E-state index < -0.39 is 0 Å². The summed E-state index contributed by atoms with van der Waals surface area (Å²) in [7, 11) is 0. The van der Waals surface area contributed by atoms with Crippen LogP contribution in [0, 0.1) is 0 Å². The van der Waals surface area contributed by atoms with Gasteiger partial charge in [0, 0.05) is 17.3 Å². The predicted octanol–water partition coefficient (Wildman–Crippen LogP) is 5.21. The van der Waals surface area contributed by atoms with Crippen LogP contribution in [0.25, 0.3) is 10.9 Å². The first-order valence-corrected chi connectivity index (χ1v) is 7.76. The van der Waals surface area contributed by atoms with E-state index >= 15 is 0 Å². The molecular formula is C20H13N3O. The number of hydrogen-bond donors (Lipinski definition) is 0. The average Bonchev–Trinajstić information content (AvgIpc) is 2.65. The average molecular weight is 311 g/mol. The molecule has 0 atom stereocenters. The minimum Gasteiger partial charge on any atom is -0.453 e. The Kier molecular flexibility index (Phi) is 2.76. The van der Waals surface area contributed by atoms with Gasteiger partial charge in [0.1, 0.15) is 6.33 Å². The number of rotatable bonds is 1. The lowest BCUT2D eigenvalue weighted by atomic mass is 10.1. The van der Waals surface area contributed by atoms with Crippen LogP contribution in [0.3, 0.4) is 0 Å². The zero-order valence-corrected chi connectivity index (χ0v) is 12.8. The van der Waals surface area contributed by atoms with Crippen LogP contribution in [-0.4, -0.2) is 9.97 Å². The maximum absolute atomic E-state index is 6.05. The Bertz CT molecular complexity index is 1020. The number of ether oxygens (including phenoxy) is 1. The highest BCUT2D eigenvalue weighted by Gasteiger charge is 2.25. The molecule has 0 unspecified atom stereocenters. The number of para-hydroxylation sites is 4. The Morgan fingerprint density at radius 1 is 0.792 bits per heavy atom. The number of benzene rings is 3. The molecule has 5 rings (SSSR count). The quantitative estimate of drug-likeness (QED) is 0.426. The van der Waals surface area contributed by atoms with Crippen molar-refractivity contribution in [2.75, 3.05) is 4.90 Å². The molecule has 0 aliphatic carbocycles. The zero-order chi connectivity index (χ0) is 15.9. The molecule has 4 heteroatoms. The Balaban J connectivity index is 1.77. The van der Waals surface area contributed by atoms with Gasteiger partial charge in [-0.25, -0.2) is 9.97 Å². The van der Waals surface area contributed by atoms with Crippen LogP contribution in [0.2, 0.25) is 0 Å². The first kappa shape index (κ1) is 13.1. The molecule has 0 radical (unpaired) electrons. The number of aromatic nitrogens is 2. The highest BCUT2D eigenvalue weighted by molar-refractivity contribution is 5.90. The molecule has 0 fully saturated rings. The van der Waals surface area contributed by atoms with Gasteiger partial charge in [-0.2, -0.15) is 0 Å². The number of hydrogen-bond acceptors (Lipinski definition) is 4. The molecule has 1 aliphatic heterocycles. The van der Waals surface area contributed by atoms with Gasteiger partial charge < -0.3 is 9.64 Å². The normalized spacial score (nSPS) is 12.4. The molecule has 24 heavy (non-hydrogen) atoms. The molecule has 1 aromatic heterocycles. The Labute approximate surface area is 139 Å². The highest BCUT2D eigenvalue weighted by atomic mass is 16.5. The number of anilines is 3. The molecule has 3 aromatic carbocycles. The van der Waals surface area contributed by atoms with E-state index in [1.807, 2.05) is 48.7 Å². The van der Waals surface area contributed by atoms with Crippen molar-refractivity contribution in [3.05, 3.63) is 79.3 Å². The first-order valence-electron chi connectivity index (χ1n) is 7.76. The van der Waals surface area contributed by atoms with Gasteiger partial charge in [0.25, 0.3) is 0 Å². The van der Waals surface area contributed by atoms with Crippen LogP contribution in [0.1, 0.15) is 0 Å². The lowest BCUT2D eigenvalue weighted by Gasteiger charge is -2.32. The van der Waals surface area contributed by atoms with E-state index in [2.05, 4.69) is 39.1 Å².